The van der Waals surface area contributed by atoms with E-state index in [-0.39, 0.29) is 5.91 Å². The van der Waals surface area contributed by atoms with Crippen LogP contribution in [0.4, 0.5) is 0 Å². The number of carbonyl (C=O) groups excluding carboxylic acids is 1. The van der Waals surface area contributed by atoms with Crippen LogP contribution in [0.5, 0.6) is 0 Å². The highest BCUT2D eigenvalue weighted by atomic mass is 35.5. The Morgan fingerprint density at radius 2 is 2.06 bits per heavy atom. The molecule has 1 amide bonds. The van der Waals surface area contributed by atoms with Crippen molar-refractivity contribution >= 4 is 17.5 Å². The highest BCUT2D eigenvalue weighted by molar-refractivity contribution is 6.30. The van der Waals surface area contributed by atoms with Crippen LogP contribution in [-0.2, 0) is 11.2 Å². The predicted molar refractivity (Wildman–Crippen MR) is 70.8 cm³/mol. The van der Waals surface area contributed by atoms with Crippen molar-refractivity contribution in [3.8, 4) is 12.3 Å². The number of benzene rings is 1. The van der Waals surface area contributed by atoms with Gasteiger partial charge in [-0.15, -0.1) is 6.42 Å². The molecule has 0 fully saturated rings. The minimum Gasteiger partial charge on any atom is -0.340 e. The number of halogens is 1. The van der Waals surface area contributed by atoms with Gasteiger partial charge in [-0.1, -0.05) is 36.6 Å². The summed E-state index contributed by atoms with van der Waals surface area (Å²) >= 11 is 5.77. The third-order valence-electron chi connectivity index (χ3n) is 2.72. The fourth-order valence-electron chi connectivity index (χ4n) is 1.37. The second-order valence-electron chi connectivity index (χ2n) is 4.18. The summed E-state index contributed by atoms with van der Waals surface area (Å²) in [5.74, 6) is 2.53. The zero-order valence-electron chi connectivity index (χ0n) is 10.1. The highest BCUT2D eigenvalue weighted by Gasteiger charge is 2.20. The Labute approximate surface area is 107 Å². The minimum atomic E-state index is -0.566. The zero-order valence-corrected chi connectivity index (χ0v) is 10.8. The van der Waals surface area contributed by atoms with Gasteiger partial charge in [0.15, 0.2) is 0 Å². The van der Waals surface area contributed by atoms with Crippen LogP contribution >= 0.6 is 11.6 Å². The lowest BCUT2D eigenvalue weighted by Crippen LogP contribution is -2.44. The van der Waals surface area contributed by atoms with E-state index >= 15 is 0 Å². The summed E-state index contributed by atoms with van der Waals surface area (Å²) < 4.78 is 0. The number of terminal acetylenes is 1. The van der Waals surface area contributed by atoms with Crippen LogP contribution in [0.2, 0.25) is 5.02 Å². The van der Waals surface area contributed by atoms with Gasteiger partial charge in [0.2, 0.25) is 5.91 Å². The summed E-state index contributed by atoms with van der Waals surface area (Å²) in [5, 5.41) is 3.51. The molecule has 0 aliphatic heterocycles. The molecule has 0 aliphatic carbocycles. The smallest absolute Gasteiger partial charge is 0.225 e. The third kappa shape index (κ3) is 4.13. The largest absolute Gasteiger partial charge is 0.340 e. The molecule has 0 aliphatic rings. The van der Waals surface area contributed by atoms with E-state index in [2.05, 4.69) is 11.2 Å². The lowest BCUT2D eigenvalue weighted by Gasteiger charge is -2.23. The Morgan fingerprint density at radius 1 is 1.47 bits per heavy atom. The van der Waals surface area contributed by atoms with Crippen LogP contribution in [0.3, 0.4) is 0 Å². The van der Waals surface area contributed by atoms with E-state index in [0.29, 0.717) is 17.9 Å². The third-order valence-corrected chi connectivity index (χ3v) is 2.97. The molecule has 2 nitrogen and oxygen atoms in total. The number of rotatable bonds is 4. The Bertz CT molecular complexity index is 433. The summed E-state index contributed by atoms with van der Waals surface area (Å²) in [4.78, 5) is 11.8. The van der Waals surface area contributed by atoms with E-state index in [4.69, 9.17) is 18.0 Å². The van der Waals surface area contributed by atoms with Gasteiger partial charge in [0, 0.05) is 5.02 Å². The molecule has 0 saturated heterocycles. The number of carbonyl (C=O) groups is 1. The van der Waals surface area contributed by atoms with Crippen LogP contribution in [0, 0.1) is 12.3 Å². The SMILES string of the molecule is C#CC(C)(CC)NC(=O)Cc1ccc(Cl)cc1. The molecule has 3 heteroatoms. The van der Waals surface area contributed by atoms with Gasteiger partial charge in [-0.2, -0.15) is 0 Å². The van der Waals surface area contributed by atoms with Crippen LogP contribution in [0.1, 0.15) is 25.8 Å². The van der Waals surface area contributed by atoms with E-state index in [0.717, 1.165) is 5.56 Å². The molecule has 1 aromatic rings. The van der Waals surface area contributed by atoms with Crippen molar-refractivity contribution in [1.82, 2.24) is 5.32 Å². The monoisotopic (exact) mass is 249 g/mol. The van der Waals surface area contributed by atoms with Crippen LogP contribution in [-0.4, -0.2) is 11.4 Å². The fourth-order valence-corrected chi connectivity index (χ4v) is 1.49. The van der Waals surface area contributed by atoms with Crippen molar-refractivity contribution in [2.45, 2.75) is 32.2 Å². The van der Waals surface area contributed by atoms with Gasteiger partial charge in [-0.25, -0.2) is 0 Å². The maximum absolute atomic E-state index is 11.8. The summed E-state index contributed by atoms with van der Waals surface area (Å²) in [6.07, 6.45) is 6.42. The van der Waals surface area contributed by atoms with Crippen LogP contribution in [0.25, 0.3) is 0 Å². The Kier molecular flexibility index (Phi) is 4.60. The average Bonchev–Trinajstić information content (AvgIpc) is 2.32. The second-order valence-corrected chi connectivity index (χ2v) is 4.62. The van der Waals surface area contributed by atoms with Crippen LogP contribution in [0.15, 0.2) is 24.3 Å². The van der Waals surface area contributed by atoms with Crippen molar-refractivity contribution < 1.29 is 4.79 Å². The molecule has 1 rings (SSSR count). The van der Waals surface area contributed by atoms with E-state index < -0.39 is 5.54 Å². The standard InChI is InChI=1S/C14H16ClNO/c1-4-14(3,5-2)16-13(17)10-11-6-8-12(15)9-7-11/h1,6-9H,5,10H2,2-3H3,(H,16,17). The first-order chi connectivity index (χ1) is 7.99. The molecular formula is C14H16ClNO. The molecule has 0 bridgehead atoms. The number of hydrogen-bond acceptors (Lipinski definition) is 1. The van der Waals surface area contributed by atoms with Crippen molar-refractivity contribution in [2.75, 3.05) is 0 Å². The molecule has 1 aromatic carbocycles. The molecule has 0 saturated carbocycles. The quantitative estimate of drug-likeness (QED) is 0.817. The zero-order chi connectivity index (χ0) is 12.9. The van der Waals surface area contributed by atoms with Gasteiger partial charge in [0.05, 0.1) is 12.0 Å². The van der Waals surface area contributed by atoms with Gasteiger partial charge in [0.1, 0.15) is 0 Å². The van der Waals surface area contributed by atoms with E-state index in [9.17, 15) is 4.79 Å². The predicted octanol–water partition coefficient (Wildman–Crippen LogP) is 2.80. The Morgan fingerprint density at radius 3 is 2.53 bits per heavy atom. The van der Waals surface area contributed by atoms with Gasteiger partial charge in [-0.3, -0.25) is 4.79 Å². The normalized spacial score (nSPS) is 13.5. The van der Waals surface area contributed by atoms with Gasteiger partial charge in [0.25, 0.3) is 0 Å². The maximum Gasteiger partial charge on any atom is 0.225 e. The first-order valence-electron chi connectivity index (χ1n) is 5.52. The van der Waals surface area contributed by atoms with Crippen molar-refractivity contribution in [1.29, 1.82) is 0 Å². The molecule has 0 spiro atoms. The molecule has 0 heterocycles. The molecule has 0 aromatic heterocycles. The Balaban J connectivity index is 2.62. The van der Waals surface area contributed by atoms with Crippen molar-refractivity contribution in [2.24, 2.45) is 0 Å². The lowest BCUT2D eigenvalue weighted by molar-refractivity contribution is -0.121. The van der Waals surface area contributed by atoms with Gasteiger partial charge >= 0.3 is 0 Å². The van der Waals surface area contributed by atoms with Gasteiger partial charge in [-0.05, 0) is 31.0 Å². The summed E-state index contributed by atoms with van der Waals surface area (Å²) in [6, 6.07) is 7.21. The first kappa shape index (κ1) is 13.6. The number of hydrogen-bond donors (Lipinski definition) is 1. The lowest BCUT2D eigenvalue weighted by atomic mass is 9.99. The molecule has 1 atom stereocenters. The number of amides is 1. The summed E-state index contributed by atoms with van der Waals surface area (Å²) in [5.41, 5.74) is 0.353. The topological polar surface area (TPSA) is 29.1 Å². The molecule has 17 heavy (non-hydrogen) atoms. The minimum absolute atomic E-state index is 0.0744. The van der Waals surface area contributed by atoms with Gasteiger partial charge < -0.3 is 5.32 Å². The molecular weight excluding hydrogens is 234 g/mol. The molecule has 1 unspecified atom stereocenters. The first-order valence-corrected chi connectivity index (χ1v) is 5.90. The van der Waals surface area contributed by atoms with Crippen LogP contribution < -0.4 is 5.32 Å². The highest BCUT2D eigenvalue weighted by Crippen LogP contribution is 2.11. The van der Waals surface area contributed by atoms with E-state index in [1.54, 1.807) is 12.1 Å². The summed E-state index contributed by atoms with van der Waals surface area (Å²) in [6.45, 7) is 3.79. The van der Waals surface area contributed by atoms with E-state index in [1.807, 2.05) is 26.0 Å². The fraction of sp³-hybridized carbons (Fsp3) is 0.357. The molecule has 90 valence electrons. The average molecular weight is 250 g/mol. The maximum atomic E-state index is 11.8. The summed E-state index contributed by atoms with van der Waals surface area (Å²) in [7, 11) is 0. The van der Waals surface area contributed by atoms with Crippen molar-refractivity contribution in [3.63, 3.8) is 0 Å². The Hall–Kier alpha value is -1.46. The molecule has 1 N–H and O–H groups in total. The second kappa shape index (κ2) is 5.75. The van der Waals surface area contributed by atoms with E-state index in [1.165, 1.54) is 0 Å². The van der Waals surface area contributed by atoms with Crippen molar-refractivity contribution in [3.05, 3.63) is 34.9 Å². The molecule has 0 radical (unpaired) electrons. The number of nitrogens with one attached hydrogen (secondary N) is 1.